The summed E-state index contributed by atoms with van der Waals surface area (Å²) in [4.78, 5) is 27.0. The molecule has 6 heteroatoms. The van der Waals surface area contributed by atoms with Gasteiger partial charge in [0.2, 0.25) is 0 Å². The highest BCUT2D eigenvalue weighted by Gasteiger charge is 2.33. The van der Waals surface area contributed by atoms with E-state index in [-0.39, 0.29) is 18.4 Å². The van der Waals surface area contributed by atoms with E-state index in [1.165, 1.54) is 10.5 Å². The van der Waals surface area contributed by atoms with Crippen molar-refractivity contribution in [3.05, 3.63) is 95.6 Å². The highest BCUT2D eigenvalue weighted by molar-refractivity contribution is 7.98. The van der Waals surface area contributed by atoms with Crippen molar-refractivity contribution in [2.24, 2.45) is 5.92 Å². The number of carboxylic acids is 1. The SMILES string of the molecule is CC(C)C[C@@H](C(=O)O)N(CCCSCc1ccccc1)C(=O)OCC1c2ccccc2-c2ccccc21. The van der Waals surface area contributed by atoms with Gasteiger partial charge >= 0.3 is 12.1 Å². The van der Waals surface area contributed by atoms with E-state index in [0.717, 1.165) is 33.8 Å². The number of carbonyl (C=O) groups is 2. The van der Waals surface area contributed by atoms with E-state index in [1.54, 1.807) is 11.8 Å². The van der Waals surface area contributed by atoms with Crippen molar-refractivity contribution < 1.29 is 19.4 Å². The van der Waals surface area contributed by atoms with Gasteiger partial charge in [-0.1, -0.05) is 92.7 Å². The highest BCUT2D eigenvalue weighted by Crippen LogP contribution is 2.44. The summed E-state index contributed by atoms with van der Waals surface area (Å²) in [6.07, 6.45) is 0.531. The molecule has 0 unspecified atom stereocenters. The zero-order valence-corrected chi connectivity index (χ0v) is 22.3. The molecule has 37 heavy (non-hydrogen) atoms. The number of amides is 1. The van der Waals surface area contributed by atoms with Crippen LogP contribution in [0.25, 0.3) is 11.1 Å². The Morgan fingerprint density at radius 2 is 1.51 bits per heavy atom. The number of ether oxygens (including phenoxy) is 1. The Morgan fingerprint density at radius 3 is 2.11 bits per heavy atom. The van der Waals surface area contributed by atoms with Crippen molar-refractivity contribution >= 4 is 23.8 Å². The standard InChI is InChI=1S/C31H35NO4S/c1-22(2)19-29(30(33)34)32(17-10-18-37-21-23-11-4-3-5-12-23)31(35)36-20-28-26-15-8-6-13-24(26)25-14-7-9-16-27(25)28/h3-9,11-16,22,28-29H,10,17-21H2,1-2H3,(H,33,34)/t29-/m0/s1. The van der Waals surface area contributed by atoms with Gasteiger partial charge in [-0.05, 0) is 52.3 Å². The first-order chi connectivity index (χ1) is 18.0. The minimum Gasteiger partial charge on any atom is -0.480 e. The lowest BCUT2D eigenvalue weighted by atomic mass is 9.98. The van der Waals surface area contributed by atoms with Crippen LogP contribution in [0.3, 0.4) is 0 Å². The van der Waals surface area contributed by atoms with Crippen LogP contribution >= 0.6 is 11.8 Å². The van der Waals surface area contributed by atoms with Crippen molar-refractivity contribution in [3.63, 3.8) is 0 Å². The van der Waals surface area contributed by atoms with Gasteiger partial charge in [-0.3, -0.25) is 4.90 Å². The predicted octanol–water partition coefficient (Wildman–Crippen LogP) is 7.06. The topological polar surface area (TPSA) is 66.8 Å². The van der Waals surface area contributed by atoms with E-state index in [2.05, 4.69) is 36.4 Å². The lowest BCUT2D eigenvalue weighted by Crippen LogP contribution is -2.47. The highest BCUT2D eigenvalue weighted by atomic mass is 32.2. The molecule has 1 atom stereocenters. The van der Waals surface area contributed by atoms with E-state index in [1.807, 2.05) is 56.3 Å². The Morgan fingerprint density at radius 1 is 0.919 bits per heavy atom. The van der Waals surface area contributed by atoms with E-state index in [4.69, 9.17) is 4.74 Å². The summed E-state index contributed by atoms with van der Waals surface area (Å²) < 4.78 is 5.86. The summed E-state index contributed by atoms with van der Waals surface area (Å²) in [5.74, 6) is 0.806. The Hall–Kier alpha value is -3.25. The maximum atomic E-state index is 13.4. The molecule has 1 aliphatic carbocycles. The fraction of sp³-hybridized carbons (Fsp3) is 0.355. The quantitative estimate of drug-likeness (QED) is 0.261. The number of hydrogen-bond donors (Lipinski definition) is 1. The average molecular weight is 518 g/mol. The first-order valence-corrected chi connectivity index (χ1v) is 14.1. The van der Waals surface area contributed by atoms with Gasteiger partial charge < -0.3 is 9.84 Å². The molecule has 0 heterocycles. The molecule has 1 aliphatic rings. The largest absolute Gasteiger partial charge is 0.480 e. The minimum atomic E-state index is -0.987. The average Bonchev–Trinajstić information content (AvgIpc) is 3.22. The van der Waals surface area contributed by atoms with Gasteiger partial charge in [0.1, 0.15) is 12.6 Å². The molecule has 0 fully saturated rings. The van der Waals surface area contributed by atoms with E-state index in [9.17, 15) is 14.7 Å². The van der Waals surface area contributed by atoms with Crippen LogP contribution in [0.1, 0.15) is 49.3 Å². The van der Waals surface area contributed by atoms with Gasteiger partial charge in [0, 0.05) is 18.2 Å². The van der Waals surface area contributed by atoms with Crippen molar-refractivity contribution in [1.82, 2.24) is 4.90 Å². The van der Waals surface area contributed by atoms with Crippen molar-refractivity contribution in [2.45, 2.75) is 44.4 Å². The summed E-state index contributed by atoms with van der Waals surface area (Å²) in [7, 11) is 0. The molecule has 1 N–H and O–H groups in total. The normalized spacial score (nSPS) is 13.2. The molecule has 194 valence electrons. The number of hydrogen-bond acceptors (Lipinski definition) is 4. The second kappa shape index (κ2) is 12.8. The van der Waals surface area contributed by atoms with E-state index < -0.39 is 18.1 Å². The first kappa shape index (κ1) is 26.8. The molecule has 3 aromatic rings. The predicted molar refractivity (Wildman–Crippen MR) is 150 cm³/mol. The number of carbonyl (C=O) groups excluding carboxylic acids is 1. The summed E-state index contributed by atoms with van der Waals surface area (Å²) in [6, 6.07) is 25.7. The number of carboxylic acid groups (broad SMARTS) is 1. The Balaban J connectivity index is 1.42. The lowest BCUT2D eigenvalue weighted by molar-refractivity contribution is -0.143. The number of fused-ring (bicyclic) bond motifs is 3. The number of thioether (sulfide) groups is 1. The molecule has 0 saturated carbocycles. The number of rotatable bonds is 12. The van der Waals surface area contributed by atoms with Gasteiger partial charge in [-0.25, -0.2) is 9.59 Å². The van der Waals surface area contributed by atoms with Crippen LogP contribution in [0.4, 0.5) is 4.79 Å². The van der Waals surface area contributed by atoms with E-state index >= 15 is 0 Å². The van der Waals surface area contributed by atoms with Crippen LogP contribution in [0.2, 0.25) is 0 Å². The van der Waals surface area contributed by atoms with Crippen LogP contribution < -0.4 is 0 Å². The van der Waals surface area contributed by atoms with Crippen LogP contribution in [-0.4, -0.2) is 47.0 Å². The lowest BCUT2D eigenvalue weighted by Gasteiger charge is -2.30. The van der Waals surface area contributed by atoms with Crippen LogP contribution in [-0.2, 0) is 15.3 Å². The summed E-state index contributed by atoms with van der Waals surface area (Å²) in [6.45, 7) is 4.48. The molecule has 1 amide bonds. The second-order valence-electron chi connectivity index (χ2n) is 9.87. The zero-order chi connectivity index (χ0) is 26.2. The smallest absolute Gasteiger partial charge is 0.410 e. The molecule has 5 nitrogen and oxygen atoms in total. The maximum absolute atomic E-state index is 13.4. The first-order valence-electron chi connectivity index (χ1n) is 12.9. The van der Waals surface area contributed by atoms with Crippen LogP contribution in [0.15, 0.2) is 78.9 Å². The molecular weight excluding hydrogens is 482 g/mol. The molecule has 4 rings (SSSR count). The van der Waals surface area contributed by atoms with Gasteiger partial charge in [-0.2, -0.15) is 11.8 Å². The molecule has 0 aromatic heterocycles. The Kier molecular flexibility index (Phi) is 9.29. The molecule has 0 bridgehead atoms. The minimum absolute atomic E-state index is 0.0620. The van der Waals surface area contributed by atoms with Crippen molar-refractivity contribution in [2.75, 3.05) is 18.9 Å². The molecular formula is C31H35NO4S. The molecule has 3 aromatic carbocycles. The van der Waals surface area contributed by atoms with Gasteiger partial charge in [0.25, 0.3) is 0 Å². The second-order valence-corrected chi connectivity index (χ2v) is 11.0. The zero-order valence-electron chi connectivity index (χ0n) is 21.5. The summed E-state index contributed by atoms with van der Waals surface area (Å²) >= 11 is 1.79. The number of aliphatic carboxylic acids is 1. The molecule has 0 aliphatic heterocycles. The number of nitrogens with zero attached hydrogens (tertiary/aromatic N) is 1. The third-order valence-corrected chi connectivity index (χ3v) is 7.84. The third kappa shape index (κ3) is 6.75. The van der Waals surface area contributed by atoms with Crippen LogP contribution in [0.5, 0.6) is 0 Å². The van der Waals surface area contributed by atoms with Crippen LogP contribution in [0, 0.1) is 5.92 Å². The van der Waals surface area contributed by atoms with Gasteiger partial charge in [0.05, 0.1) is 0 Å². The van der Waals surface area contributed by atoms with Crippen molar-refractivity contribution in [1.29, 1.82) is 0 Å². The summed E-state index contributed by atoms with van der Waals surface area (Å²) in [5, 5.41) is 9.98. The fourth-order valence-corrected chi connectivity index (χ4v) is 5.87. The third-order valence-electron chi connectivity index (χ3n) is 6.73. The summed E-state index contributed by atoms with van der Waals surface area (Å²) in [5.41, 5.74) is 5.85. The van der Waals surface area contributed by atoms with E-state index in [0.29, 0.717) is 19.4 Å². The maximum Gasteiger partial charge on any atom is 0.410 e. The van der Waals surface area contributed by atoms with Gasteiger partial charge in [-0.15, -0.1) is 0 Å². The molecule has 0 spiro atoms. The Bertz CT molecular complexity index is 1150. The number of benzene rings is 3. The molecule has 0 saturated heterocycles. The van der Waals surface area contributed by atoms with Gasteiger partial charge in [0.15, 0.2) is 0 Å². The van der Waals surface area contributed by atoms with Crippen molar-refractivity contribution in [3.8, 4) is 11.1 Å². The monoisotopic (exact) mass is 517 g/mol. The molecule has 0 radical (unpaired) electrons. The fourth-order valence-electron chi connectivity index (χ4n) is 4.96. The Labute approximate surface area is 223 Å².